The van der Waals surface area contributed by atoms with Gasteiger partial charge in [0, 0.05) is 25.4 Å². The summed E-state index contributed by atoms with van der Waals surface area (Å²) in [4.78, 5) is 35.4. The van der Waals surface area contributed by atoms with Gasteiger partial charge in [-0.1, -0.05) is 55.5 Å². The van der Waals surface area contributed by atoms with Crippen molar-refractivity contribution >= 4 is 18.0 Å². The molecule has 2 aliphatic rings. The van der Waals surface area contributed by atoms with Gasteiger partial charge in [-0.25, -0.2) is 4.79 Å². The average molecular weight is 467 g/mol. The summed E-state index contributed by atoms with van der Waals surface area (Å²) in [6.45, 7) is 2.86. The number of nitrogens with one attached hydrogen (secondary N) is 2. The van der Waals surface area contributed by atoms with Gasteiger partial charge in [-0.15, -0.1) is 0 Å². The quantitative estimate of drug-likeness (QED) is 0.523. The highest BCUT2D eigenvalue weighted by Crippen LogP contribution is 2.44. The molecule has 3 N–H and O–H groups in total. The Hall–Kier alpha value is -3.39. The molecule has 0 saturated carbocycles. The van der Waals surface area contributed by atoms with Crippen molar-refractivity contribution in [2.45, 2.75) is 31.8 Å². The van der Waals surface area contributed by atoms with Crippen LogP contribution < -0.4 is 10.6 Å². The lowest BCUT2D eigenvalue weighted by Gasteiger charge is -2.16. The van der Waals surface area contributed by atoms with E-state index in [1.807, 2.05) is 24.3 Å². The van der Waals surface area contributed by atoms with Gasteiger partial charge >= 0.3 is 12.1 Å². The Morgan fingerprint density at radius 2 is 1.71 bits per heavy atom. The number of fused-ring (bicyclic) bond motifs is 3. The largest absolute Gasteiger partial charge is 0.481 e. The predicted molar refractivity (Wildman–Crippen MR) is 125 cm³/mol. The molecule has 1 aliphatic heterocycles. The predicted octanol–water partition coefficient (Wildman–Crippen LogP) is 3.16. The van der Waals surface area contributed by atoms with Crippen LogP contribution in [0.25, 0.3) is 11.1 Å². The van der Waals surface area contributed by atoms with E-state index in [-0.39, 0.29) is 55.9 Å². The zero-order valence-electron chi connectivity index (χ0n) is 19.2. The molecule has 4 rings (SSSR count). The lowest BCUT2D eigenvalue weighted by Crippen LogP contribution is -2.35. The molecule has 3 atom stereocenters. The second-order valence-corrected chi connectivity index (χ2v) is 9.04. The van der Waals surface area contributed by atoms with Crippen LogP contribution in [0.1, 0.15) is 36.8 Å². The Kier molecular flexibility index (Phi) is 7.47. The molecule has 0 aromatic heterocycles. The number of carbonyl (C=O) groups excluding carboxylic acids is 2. The number of carboxylic acid groups (broad SMARTS) is 1. The molecule has 34 heavy (non-hydrogen) atoms. The summed E-state index contributed by atoms with van der Waals surface area (Å²) in [5.41, 5.74) is 4.66. The van der Waals surface area contributed by atoms with Crippen molar-refractivity contribution in [1.29, 1.82) is 0 Å². The van der Waals surface area contributed by atoms with Gasteiger partial charge in [0.15, 0.2) is 0 Å². The Bertz CT molecular complexity index is 1010. The van der Waals surface area contributed by atoms with E-state index in [0.29, 0.717) is 13.0 Å². The summed E-state index contributed by atoms with van der Waals surface area (Å²) >= 11 is 0. The Morgan fingerprint density at radius 3 is 2.35 bits per heavy atom. The summed E-state index contributed by atoms with van der Waals surface area (Å²) in [5, 5.41) is 14.3. The van der Waals surface area contributed by atoms with Gasteiger partial charge in [-0.3, -0.25) is 9.59 Å². The molecule has 1 unspecified atom stereocenters. The van der Waals surface area contributed by atoms with Gasteiger partial charge in [0.25, 0.3) is 0 Å². The minimum atomic E-state index is -0.884. The van der Waals surface area contributed by atoms with Gasteiger partial charge in [-0.2, -0.15) is 0 Å². The fourth-order valence-electron chi connectivity index (χ4n) is 4.67. The Labute approximate surface area is 198 Å². The van der Waals surface area contributed by atoms with Crippen molar-refractivity contribution in [3.8, 4) is 11.1 Å². The first-order chi connectivity index (χ1) is 16.4. The molecule has 8 nitrogen and oxygen atoms in total. The summed E-state index contributed by atoms with van der Waals surface area (Å²) < 4.78 is 11.2. The fourth-order valence-corrected chi connectivity index (χ4v) is 4.67. The van der Waals surface area contributed by atoms with E-state index in [2.05, 4.69) is 34.9 Å². The molecule has 1 saturated heterocycles. The zero-order chi connectivity index (χ0) is 24.1. The smallest absolute Gasteiger partial charge is 0.407 e. The van der Waals surface area contributed by atoms with Crippen LogP contribution in [-0.4, -0.2) is 55.5 Å². The number of hydrogen-bond donors (Lipinski definition) is 3. The first-order valence-corrected chi connectivity index (χ1v) is 11.6. The van der Waals surface area contributed by atoms with Gasteiger partial charge in [0.05, 0.1) is 18.6 Å². The summed E-state index contributed by atoms with van der Waals surface area (Å²) in [7, 11) is 0. The lowest BCUT2D eigenvalue weighted by molar-refractivity contribution is -0.138. The number of carbonyl (C=O) groups is 3. The summed E-state index contributed by atoms with van der Waals surface area (Å²) in [6.07, 6.45) is -0.287. The number of ether oxygens (including phenoxy) is 2. The molecule has 1 aliphatic carbocycles. The second kappa shape index (κ2) is 10.7. The molecule has 1 heterocycles. The lowest BCUT2D eigenvalue weighted by atomic mass is 9.98. The van der Waals surface area contributed by atoms with E-state index in [9.17, 15) is 14.4 Å². The SMILES string of the molecule is CC(CNC(=O)[C@@H]1CO[C@H](CNC(=O)OCC2c3ccccc3-c3ccccc32)C1)CC(=O)O. The van der Waals surface area contributed by atoms with Crippen molar-refractivity contribution in [1.82, 2.24) is 10.6 Å². The van der Waals surface area contributed by atoms with Crippen molar-refractivity contribution in [2.75, 3.05) is 26.3 Å². The van der Waals surface area contributed by atoms with Gasteiger partial charge in [-0.05, 0) is 34.6 Å². The van der Waals surface area contributed by atoms with E-state index in [1.54, 1.807) is 6.92 Å². The van der Waals surface area contributed by atoms with Crippen LogP contribution in [0.5, 0.6) is 0 Å². The van der Waals surface area contributed by atoms with E-state index in [0.717, 1.165) is 11.1 Å². The molecular weight excluding hydrogens is 436 g/mol. The van der Waals surface area contributed by atoms with Crippen LogP contribution in [0, 0.1) is 11.8 Å². The van der Waals surface area contributed by atoms with E-state index < -0.39 is 12.1 Å². The number of amides is 2. The third kappa shape index (κ3) is 5.56. The number of rotatable bonds is 9. The van der Waals surface area contributed by atoms with Gasteiger partial charge in [0.2, 0.25) is 5.91 Å². The number of benzene rings is 2. The topological polar surface area (TPSA) is 114 Å². The molecule has 0 bridgehead atoms. The molecule has 2 aromatic rings. The number of alkyl carbamates (subject to hydrolysis) is 1. The maximum Gasteiger partial charge on any atom is 0.407 e. The van der Waals surface area contributed by atoms with E-state index in [1.165, 1.54) is 11.1 Å². The van der Waals surface area contributed by atoms with Crippen molar-refractivity contribution in [3.63, 3.8) is 0 Å². The molecule has 180 valence electrons. The minimum absolute atomic E-state index is 0.00234. The van der Waals surface area contributed by atoms with Crippen LogP contribution in [0.15, 0.2) is 48.5 Å². The van der Waals surface area contributed by atoms with Gasteiger partial charge in [0.1, 0.15) is 6.61 Å². The van der Waals surface area contributed by atoms with Crippen LogP contribution in [0.3, 0.4) is 0 Å². The zero-order valence-corrected chi connectivity index (χ0v) is 19.2. The monoisotopic (exact) mass is 466 g/mol. The molecule has 0 radical (unpaired) electrons. The van der Waals surface area contributed by atoms with Crippen molar-refractivity contribution in [2.24, 2.45) is 11.8 Å². The fraction of sp³-hybridized carbons (Fsp3) is 0.423. The first-order valence-electron chi connectivity index (χ1n) is 11.6. The first kappa shape index (κ1) is 23.8. The van der Waals surface area contributed by atoms with Crippen molar-refractivity contribution in [3.05, 3.63) is 59.7 Å². The highest BCUT2D eigenvalue weighted by Gasteiger charge is 2.32. The molecule has 0 spiro atoms. The molecule has 1 fully saturated rings. The minimum Gasteiger partial charge on any atom is -0.481 e. The number of hydrogen-bond acceptors (Lipinski definition) is 5. The summed E-state index contributed by atoms with van der Waals surface area (Å²) in [5.74, 6) is -1.50. The Balaban J connectivity index is 1.20. The number of aliphatic carboxylic acids is 1. The second-order valence-electron chi connectivity index (χ2n) is 9.04. The van der Waals surface area contributed by atoms with Crippen LogP contribution in [-0.2, 0) is 19.1 Å². The average Bonchev–Trinajstić information content (AvgIpc) is 3.42. The highest BCUT2D eigenvalue weighted by atomic mass is 16.5. The van der Waals surface area contributed by atoms with Crippen LogP contribution in [0.2, 0.25) is 0 Å². The maximum atomic E-state index is 12.3. The third-order valence-electron chi connectivity index (χ3n) is 6.42. The molecule has 2 amide bonds. The van der Waals surface area contributed by atoms with Crippen molar-refractivity contribution < 1.29 is 29.0 Å². The van der Waals surface area contributed by atoms with Gasteiger partial charge < -0.3 is 25.2 Å². The normalized spacial score (nSPS) is 19.7. The Morgan fingerprint density at radius 1 is 1.06 bits per heavy atom. The standard InChI is InChI=1S/C26H30N2O6/c1-16(10-24(29)30)12-27-25(31)17-11-18(33-14-17)13-28-26(32)34-15-23-21-8-4-2-6-19(21)20-7-3-5-9-22(20)23/h2-9,16-18,23H,10-15H2,1H3,(H,27,31)(H,28,32)(H,29,30)/t16?,17-,18-/m0/s1. The van der Waals surface area contributed by atoms with Crippen LogP contribution in [0.4, 0.5) is 4.79 Å². The van der Waals surface area contributed by atoms with E-state index in [4.69, 9.17) is 14.6 Å². The molecule has 2 aromatic carbocycles. The molecule has 8 heteroatoms. The highest BCUT2D eigenvalue weighted by molar-refractivity contribution is 5.80. The molecular formula is C26H30N2O6. The maximum absolute atomic E-state index is 12.3. The number of carboxylic acids is 1. The van der Waals surface area contributed by atoms with E-state index >= 15 is 0 Å². The van der Waals surface area contributed by atoms with Crippen LogP contribution >= 0.6 is 0 Å². The third-order valence-corrected chi connectivity index (χ3v) is 6.42. The summed E-state index contributed by atoms with van der Waals surface area (Å²) in [6, 6.07) is 16.3.